The molecule has 0 saturated heterocycles. The van der Waals surface area contributed by atoms with Crippen molar-refractivity contribution in [3.8, 4) is 5.75 Å². The molecule has 0 aliphatic rings. The molecule has 0 bridgehead atoms. The Morgan fingerprint density at radius 1 is 1.47 bits per heavy atom. The number of rotatable bonds is 6. The highest BCUT2D eigenvalue weighted by molar-refractivity contribution is 5.77. The van der Waals surface area contributed by atoms with Crippen molar-refractivity contribution in [1.82, 2.24) is 4.90 Å². The van der Waals surface area contributed by atoms with Gasteiger partial charge >= 0.3 is 5.97 Å². The third-order valence-corrected chi connectivity index (χ3v) is 3.40. The summed E-state index contributed by atoms with van der Waals surface area (Å²) in [5, 5.41) is 19.3. The van der Waals surface area contributed by atoms with Crippen molar-refractivity contribution in [3.63, 3.8) is 0 Å². The van der Waals surface area contributed by atoms with Gasteiger partial charge in [-0.2, -0.15) is 0 Å². The SMILES string of the molecule is COc1cccc(C(O)CN(C)C(C)(C)C(=O)O)c1. The van der Waals surface area contributed by atoms with Crippen molar-refractivity contribution in [2.75, 3.05) is 20.7 Å². The van der Waals surface area contributed by atoms with Crippen molar-refractivity contribution in [1.29, 1.82) is 0 Å². The van der Waals surface area contributed by atoms with Gasteiger partial charge in [0.15, 0.2) is 0 Å². The minimum absolute atomic E-state index is 0.229. The summed E-state index contributed by atoms with van der Waals surface area (Å²) in [5.41, 5.74) is -0.327. The Labute approximate surface area is 113 Å². The van der Waals surface area contributed by atoms with E-state index in [0.717, 1.165) is 0 Å². The van der Waals surface area contributed by atoms with E-state index < -0.39 is 17.6 Å². The van der Waals surface area contributed by atoms with Crippen LogP contribution in [0, 0.1) is 0 Å². The normalized spacial score (nSPS) is 13.4. The molecule has 0 aromatic heterocycles. The summed E-state index contributed by atoms with van der Waals surface area (Å²) < 4.78 is 5.10. The molecule has 5 nitrogen and oxygen atoms in total. The zero-order valence-corrected chi connectivity index (χ0v) is 11.8. The Balaban J connectivity index is 2.79. The molecule has 2 N–H and O–H groups in total. The number of hydrogen-bond acceptors (Lipinski definition) is 4. The molecule has 0 heterocycles. The molecule has 0 aliphatic carbocycles. The Hall–Kier alpha value is -1.59. The van der Waals surface area contributed by atoms with Crippen LogP contribution < -0.4 is 4.74 Å². The predicted octanol–water partition coefficient (Wildman–Crippen LogP) is 1.52. The molecule has 0 saturated carbocycles. The number of nitrogens with zero attached hydrogens (tertiary/aromatic N) is 1. The molecule has 1 aromatic rings. The Kier molecular flexibility index (Phi) is 4.91. The number of aliphatic carboxylic acids is 1. The lowest BCUT2D eigenvalue weighted by atomic mass is 10.0. The second-order valence-electron chi connectivity index (χ2n) is 5.04. The summed E-state index contributed by atoms with van der Waals surface area (Å²) >= 11 is 0. The first-order valence-corrected chi connectivity index (χ1v) is 6.05. The van der Waals surface area contributed by atoms with E-state index in [2.05, 4.69) is 0 Å². The number of hydrogen-bond donors (Lipinski definition) is 2. The lowest BCUT2D eigenvalue weighted by molar-refractivity contribution is -0.149. The molecule has 0 spiro atoms. The number of carboxylic acids is 1. The number of benzene rings is 1. The maximum Gasteiger partial charge on any atom is 0.323 e. The number of methoxy groups -OCH3 is 1. The molecule has 1 unspecified atom stereocenters. The van der Waals surface area contributed by atoms with Gasteiger partial charge in [-0.1, -0.05) is 12.1 Å². The van der Waals surface area contributed by atoms with Crippen molar-refractivity contribution < 1.29 is 19.7 Å². The van der Waals surface area contributed by atoms with E-state index in [9.17, 15) is 9.90 Å². The first-order valence-electron chi connectivity index (χ1n) is 6.05. The van der Waals surface area contributed by atoms with Crippen LogP contribution in [-0.4, -0.2) is 47.3 Å². The van der Waals surface area contributed by atoms with Gasteiger partial charge in [-0.05, 0) is 38.6 Å². The third kappa shape index (κ3) is 3.68. The van der Waals surface area contributed by atoms with Crippen LogP contribution in [0.2, 0.25) is 0 Å². The van der Waals surface area contributed by atoms with E-state index in [0.29, 0.717) is 11.3 Å². The lowest BCUT2D eigenvalue weighted by Gasteiger charge is -2.33. The second kappa shape index (κ2) is 6.04. The first kappa shape index (κ1) is 15.5. The standard InChI is InChI=1S/C14H21NO4/c1-14(2,13(17)18)15(3)9-12(16)10-6-5-7-11(8-10)19-4/h5-8,12,16H,9H2,1-4H3,(H,17,18). The van der Waals surface area contributed by atoms with Crippen LogP contribution in [0.15, 0.2) is 24.3 Å². The fourth-order valence-electron chi connectivity index (χ4n) is 1.61. The summed E-state index contributed by atoms with van der Waals surface area (Å²) in [6.45, 7) is 3.44. The molecule has 1 aromatic carbocycles. The maximum atomic E-state index is 11.1. The van der Waals surface area contributed by atoms with Crippen molar-refractivity contribution in [2.24, 2.45) is 0 Å². The number of aliphatic hydroxyl groups is 1. The number of β-amino-alcohol motifs (C(OH)–C–C–N with tert-alkyl or cyclic N) is 1. The highest BCUT2D eigenvalue weighted by Crippen LogP contribution is 2.22. The molecule has 0 fully saturated rings. The van der Waals surface area contributed by atoms with Crippen LogP contribution in [0.5, 0.6) is 5.75 Å². The van der Waals surface area contributed by atoms with Crippen LogP contribution in [0.1, 0.15) is 25.5 Å². The van der Waals surface area contributed by atoms with Gasteiger partial charge in [-0.3, -0.25) is 9.69 Å². The average Bonchev–Trinajstić information content (AvgIpc) is 2.38. The van der Waals surface area contributed by atoms with Gasteiger partial charge in [0.2, 0.25) is 0 Å². The number of aliphatic hydroxyl groups excluding tert-OH is 1. The highest BCUT2D eigenvalue weighted by Gasteiger charge is 2.33. The number of carbonyl (C=O) groups is 1. The highest BCUT2D eigenvalue weighted by atomic mass is 16.5. The van der Waals surface area contributed by atoms with Gasteiger partial charge in [0.1, 0.15) is 11.3 Å². The smallest absolute Gasteiger partial charge is 0.323 e. The third-order valence-electron chi connectivity index (χ3n) is 3.40. The van der Waals surface area contributed by atoms with E-state index >= 15 is 0 Å². The zero-order chi connectivity index (χ0) is 14.6. The van der Waals surface area contributed by atoms with Gasteiger partial charge in [0, 0.05) is 6.54 Å². The van der Waals surface area contributed by atoms with E-state index in [1.807, 2.05) is 0 Å². The Morgan fingerprint density at radius 3 is 2.63 bits per heavy atom. The molecule has 5 heteroatoms. The van der Waals surface area contributed by atoms with Crippen LogP contribution in [-0.2, 0) is 4.79 Å². The van der Waals surface area contributed by atoms with Crippen LogP contribution in [0.3, 0.4) is 0 Å². The molecule has 1 atom stereocenters. The van der Waals surface area contributed by atoms with Gasteiger partial charge in [-0.15, -0.1) is 0 Å². The van der Waals surface area contributed by atoms with Gasteiger partial charge in [-0.25, -0.2) is 0 Å². The fourth-order valence-corrected chi connectivity index (χ4v) is 1.61. The average molecular weight is 267 g/mol. The van der Waals surface area contributed by atoms with Crippen molar-refractivity contribution >= 4 is 5.97 Å². The predicted molar refractivity (Wildman–Crippen MR) is 72.3 cm³/mol. The van der Waals surface area contributed by atoms with Gasteiger partial charge < -0.3 is 14.9 Å². The zero-order valence-electron chi connectivity index (χ0n) is 11.8. The van der Waals surface area contributed by atoms with E-state index in [1.165, 1.54) is 0 Å². The first-order chi connectivity index (χ1) is 8.78. The van der Waals surface area contributed by atoms with Crippen LogP contribution in [0.4, 0.5) is 0 Å². The topological polar surface area (TPSA) is 70.0 Å². The van der Waals surface area contributed by atoms with E-state index in [-0.39, 0.29) is 6.54 Å². The summed E-state index contributed by atoms with van der Waals surface area (Å²) in [4.78, 5) is 12.7. The van der Waals surface area contributed by atoms with Crippen molar-refractivity contribution in [2.45, 2.75) is 25.5 Å². The molecule has 106 valence electrons. The lowest BCUT2D eigenvalue weighted by Crippen LogP contribution is -2.49. The van der Waals surface area contributed by atoms with Gasteiger partial charge in [0.05, 0.1) is 13.2 Å². The summed E-state index contributed by atoms with van der Waals surface area (Å²) in [6, 6.07) is 7.11. The maximum absolute atomic E-state index is 11.1. The Morgan fingerprint density at radius 2 is 2.11 bits per heavy atom. The van der Waals surface area contributed by atoms with Crippen molar-refractivity contribution in [3.05, 3.63) is 29.8 Å². The number of carboxylic acid groups (broad SMARTS) is 1. The van der Waals surface area contributed by atoms with E-state index in [1.54, 1.807) is 57.2 Å². The van der Waals surface area contributed by atoms with Gasteiger partial charge in [0.25, 0.3) is 0 Å². The quantitative estimate of drug-likeness (QED) is 0.818. The number of ether oxygens (including phenoxy) is 1. The minimum atomic E-state index is -1.03. The molecule has 19 heavy (non-hydrogen) atoms. The molecular weight excluding hydrogens is 246 g/mol. The van der Waals surface area contributed by atoms with Crippen LogP contribution in [0.25, 0.3) is 0 Å². The molecule has 0 radical (unpaired) electrons. The molecule has 0 amide bonds. The molecule has 0 aliphatic heterocycles. The van der Waals surface area contributed by atoms with E-state index in [4.69, 9.17) is 9.84 Å². The molecule has 1 rings (SSSR count). The summed E-state index contributed by atoms with van der Waals surface area (Å²) in [5.74, 6) is -0.260. The monoisotopic (exact) mass is 267 g/mol. The largest absolute Gasteiger partial charge is 0.497 e. The minimum Gasteiger partial charge on any atom is -0.497 e. The Bertz CT molecular complexity index is 445. The van der Waals surface area contributed by atoms with Crippen LogP contribution >= 0.6 is 0 Å². The second-order valence-corrected chi connectivity index (χ2v) is 5.04. The summed E-state index contributed by atoms with van der Waals surface area (Å²) in [7, 11) is 3.24. The number of likely N-dealkylation sites (N-methyl/N-ethyl adjacent to an activating group) is 1. The molecular formula is C14H21NO4. The fraction of sp³-hybridized carbons (Fsp3) is 0.500. The summed E-state index contributed by atoms with van der Waals surface area (Å²) in [6.07, 6.45) is -0.765.